The van der Waals surface area contributed by atoms with Crippen LogP contribution in [0, 0.1) is 24.2 Å². The molecule has 158 valence electrons. The topological polar surface area (TPSA) is 66.5 Å². The second-order valence-corrected chi connectivity index (χ2v) is 9.29. The molecule has 2 aliphatic rings. The molecule has 31 heavy (non-hydrogen) atoms. The van der Waals surface area contributed by atoms with Crippen LogP contribution in [0.1, 0.15) is 41.1 Å². The number of carbonyl (C=O) groups is 1. The summed E-state index contributed by atoms with van der Waals surface area (Å²) in [5, 5.41) is 10.9. The van der Waals surface area contributed by atoms with E-state index in [1.807, 2.05) is 24.3 Å². The minimum Gasteiger partial charge on any atom is -0.469 e. The van der Waals surface area contributed by atoms with Crippen molar-refractivity contribution >= 4 is 32.9 Å². The number of likely N-dealkylation sites (tertiary alicyclic amines) is 1. The van der Waals surface area contributed by atoms with E-state index in [-0.39, 0.29) is 17.9 Å². The summed E-state index contributed by atoms with van der Waals surface area (Å²) < 4.78 is 12.2. The molecule has 0 bridgehead atoms. The van der Waals surface area contributed by atoms with Crippen LogP contribution in [0.15, 0.2) is 39.2 Å². The average molecular weight is 479 g/mol. The number of esters is 1. The maximum atomic E-state index is 12.0. The highest BCUT2D eigenvalue weighted by Gasteiger charge is 2.37. The first-order valence-corrected chi connectivity index (χ1v) is 11.4. The van der Waals surface area contributed by atoms with Gasteiger partial charge >= 0.3 is 5.97 Å². The van der Waals surface area contributed by atoms with E-state index in [0.29, 0.717) is 17.7 Å². The van der Waals surface area contributed by atoms with Crippen molar-refractivity contribution in [3.8, 4) is 17.4 Å². The second kappa shape index (κ2) is 7.81. The summed E-state index contributed by atoms with van der Waals surface area (Å²) in [6.07, 6.45) is 2.64. The van der Waals surface area contributed by atoms with Crippen LogP contribution >= 0.6 is 15.9 Å². The molecule has 1 fully saturated rings. The van der Waals surface area contributed by atoms with E-state index in [2.05, 4.69) is 39.9 Å². The molecule has 0 radical (unpaired) electrons. The van der Waals surface area contributed by atoms with Crippen LogP contribution < -0.4 is 0 Å². The Morgan fingerprint density at radius 3 is 2.94 bits per heavy atom. The number of halogens is 1. The van der Waals surface area contributed by atoms with Gasteiger partial charge in [0, 0.05) is 28.0 Å². The molecule has 0 amide bonds. The number of nitrogens with zero attached hydrogens (tertiary/aromatic N) is 2. The SMILES string of the molecule is COC(=O)[C@@H]1CCN(C2CCc3c2cc2cc(-c4cccc(Br)c4C)oc2c3C#N)C1. The van der Waals surface area contributed by atoms with E-state index < -0.39 is 0 Å². The van der Waals surface area contributed by atoms with Gasteiger partial charge in [-0.25, -0.2) is 0 Å². The van der Waals surface area contributed by atoms with Gasteiger partial charge in [0.2, 0.25) is 0 Å². The van der Waals surface area contributed by atoms with Crippen LogP contribution in [0.5, 0.6) is 0 Å². The van der Waals surface area contributed by atoms with Crippen LogP contribution in [0.3, 0.4) is 0 Å². The van der Waals surface area contributed by atoms with E-state index in [9.17, 15) is 10.1 Å². The Labute approximate surface area is 189 Å². The van der Waals surface area contributed by atoms with Crippen molar-refractivity contribution in [3.63, 3.8) is 0 Å². The maximum absolute atomic E-state index is 12.0. The molecule has 0 N–H and O–H groups in total. The van der Waals surface area contributed by atoms with Gasteiger partial charge in [-0.05, 0) is 67.6 Å². The molecule has 0 spiro atoms. The van der Waals surface area contributed by atoms with Crippen LogP contribution in [0.2, 0.25) is 0 Å². The Morgan fingerprint density at radius 2 is 2.16 bits per heavy atom. The summed E-state index contributed by atoms with van der Waals surface area (Å²) in [6.45, 7) is 3.64. The Balaban J connectivity index is 1.56. The highest BCUT2D eigenvalue weighted by Crippen LogP contribution is 2.44. The quantitative estimate of drug-likeness (QED) is 0.463. The summed E-state index contributed by atoms with van der Waals surface area (Å²) >= 11 is 3.59. The Kier molecular flexibility index (Phi) is 5.11. The lowest BCUT2D eigenvalue weighted by Gasteiger charge is -2.24. The highest BCUT2D eigenvalue weighted by molar-refractivity contribution is 9.10. The van der Waals surface area contributed by atoms with Gasteiger partial charge in [-0.2, -0.15) is 5.26 Å². The zero-order chi connectivity index (χ0) is 21.7. The lowest BCUT2D eigenvalue weighted by Crippen LogP contribution is -2.27. The van der Waals surface area contributed by atoms with E-state index in [1.54, 1.807) is 0 Å². The van der Waals surface area contributed by atoms with Gasteiger partial charge in [0.1, 0.15) is 11.8 Å². The summed E-state index contributed by atoms with van der Waals surface area (Å²) in [7, 11) is 1.45. The number of ether oxygens (including phenoxy) is 1. The molecule has 3 aromatic rings. The molecule has 6 heteroatoms. The van der Waals surface area contributed by atoms with E-state index >= 15 is 0 Å². The molecule has 1 aliphatic heterocycles. The third kappa shape index (κ3) is 3.28. The summed E-state index contributed by atoms with van der Waals surface area (Å²) in [5.41, 5.74) is 5.74. The molecular formula is C25H23BrN2O3. The zero-order valence-electron chi connectivity index (χ0n) is 17.6. The number of benzene rings is 2. The number of rotatable bonds is 3. The lowest BCUT2D eigenvalue weighted by atomic mass is 9.99. The van der Waals surface area contributed by atoms with Crippen LogP contribution in [-0.2, 0) is 16.0 Å². The minimum atomic E-state index is -0.127. The Bertz CT molecular complexity index is 1240. The van der Waals surface area contributed by atoms with E-state index in [1.165, 1.54) is 12.7 Å². The summed E-state index contributed by atoms with van der Waals surface area (Å²) in [6, 6.07) is 12.9. The molecular weight excluding hydrogens is 456 g/mol. The lowest BCUT2D eigenvalue weighted by molar-refractivity contribution is -0.145. The molecule has 5 nitrogen and oxygen atoms in total. The number of fused-ring (bicyclic) bond motifs is 2. The first kappa shape index (κ1) is 20.3. The number of nitriles is 1. The third-order valence-corrected chi connectivity index (χ3v) is 7.67. The largest absolute Gasteiger partial charge is 0.469 e. The maximum Gasteiger partial charge on any atom is 0.310 e. The van der Waals surface area contributed by atoms with Gasteiger partial charge < -0.3 is 9.15 Å². The molecule has 1 aliphatic carbocycles. The van der Waals surface area contributed by atoms with E-state index in [4.69, 9.17) is 9.15 Å². The standard InChI is InChI=1S/C25H23BrN2O3/c1-14-17(4-3-5-21(14)26)23-11-16-10-19-18(20(12-27)24(16)31-23)6-7-22(19)28-9-8-15(13-28)25(29)30-2/h3-5,10-11,15,22H,6-9,13H2,1-2H3/t15-,22?/m1/s1. The predicted molar refractivity (Wildman–Crippen MR) is 122 cm³/mol. The summed E-state index contributed by atoms with van der Waals surface area (Å²) in [5.74, 6) is 0.587. The Hall–Kier alpha value is -2.62. The van der Waals surface area contributed by atoms with Gasteiger partial charge in [-0.15, -0.1) is 0 Å². The number of furan rings is 1. The van der Waals surface area contributed by atoms with Crippen molar-refractivity contribution in [2.24, 2.45) is 5.92 Å². The smallest absolute Gasteiger partial charge is 0.310 e. The predicted octanol–water partition coefficient (Wildman–Crippen LogP) is 5.52. The summed E-state index contributed by atoms with van der Waals surface area (Å²) in [4.78, 5) is 14.4. The van der Waals surface area contributed by atoms with Crippen molar-refractivity contribution in [1.82, 2.24) is 4.90 Å². The molecule has 2 aromatic carbocycles. The average Bonchev–Trinajstić information content (AvgIpc) is 3.51. The fourth-order valence-electron chi connectivity index (χ4n) is 5.18. The Morgan fingerprint density at radius 1 is 1.32 bits per heavy atom. The molecule has 1 saturated heterocycles. The van der Waals surface area contributed by atoms with Gasteiger partial charge in [0.15, 0.2) is 5.58 Å². The van der Waals surface area contributed by atoms with Gasteiger partial charge in [-0.3, -0.25) is 9.69 Å². The van der Waals surface area contributed by atoms with Crippen LogP contribution in [-0.4, -0.2) is 31.1 Å². The van der Waals surface area contributed by atoms with Gasteiger partial charge in [0.25, 0.3) is 0 Å². The highest BCUT2D eigenvalue weighted by atomic mass is 79.9. The third-order valence-electron chi connectivity index (χ3n) is 6.82. The number of methoxy groups -OCH3 is 1. The fraction of sp³-hybridized carbons (Fsp3) is 0.360. The molecule has 2 heterocycles. The molecule has 1 aromatic heterocycles. The number of carbonyl (C=O) groups excluding carboxylic acids is 1. The van der Waals surface area contributed by atoms with E-state index in [0.717, 1.165) is 58.1 Å². The normalized spacial score (nSPS) is 20.7. The minimum absolute atomic E-state index is 0.0618. The fourth-order valence-corrected chi connectivity index (χ4v) is 5.55. The van der Waals surface area contributed by atoms with Crippen molar-refractivity contribution in [2.45, 2.75) is 32.2 Å². The van der Waals surface area contributed by atoms with Crippen molar-refractivity contribution in [1.29, 1.82) is 5.26 Å². The first-order valence-electron chi connectivity index (χ1n) is 10.6. The monoisotopic (exact) mass is 478 g/mol. The van der Waals surface area contributed by atoms with Crippen molar-refractivity contribution < 1.29 is 13.9 Å². The number of hydrogen-bond acceptors (Lipinski definition) is 5. The van der Waals surface area contributed by atoms with Crippen LogP contribution in [0.4, 0.5) is 0 Å². The van der Waals surface area contributed by atoms with Crippen LogP contribution in [0.25, 0.3) is 22.3 Å². The van der Waals surface area contributed by atoms with Crippen molar-refractivity contribution in [3.05, 3.63) is 57.1 Å². The zero-order valence-corrected chi connectivity index (χ0v) is 19.2. The molecule has 5 rings (SSSR count). The van der Waals surface area contributed by atoms with Gasteiger partial charge in [-0.1, -0.05) is 28.1 Å². The molecule has 0 saturated carbocycles. The van der Waals surface area contributed by atoms with Gasteiger partial charge in [0.05, 0.1) is 18.6 Å². The number of hydrogen-bond donors (Lipinski definition) is 0. The van der Waals surface area contributed by atoms with Crippen molar-refractivity contribution in [2.75, 3.05) is 20.2 Å². The second-order valence-electron chi connectivity index (χ2n) is 8.43. The first-order chi connectivity index (χ1) is 15.0. The molecule has 2 atom stereocenters. The molecule has 1 unspecified atom stereocenters.